The molecule has 56 valence electrons. The van der Waals surface area contributed by atoms with Gasteiger partial charge in [-0.05, 0) is 31.6 Å². The van der Waals surface area contributed by atoms with Crippen LogP contribution in [-0.4, -0.2) is 0 Å². The Balaban J connectivity index is 2.50. The van der Waals surface area contributed by atoms with Crippen LogP contribution in [-0.2, 0) is 0 Å². The van der Waals surface area contributed by atoms with Gasteiger partial charge in [-0.25, -0.2) is 0 Å². The first-order chi connectivity index (χ1) is 4.84. The van der Waals surface area contributed by atoms with Gasteiger partial charge in [-0.3, -0.25) is 0 Å². The molecule has 0 spiro atoms. The van der Waals surface area contributed by atoms with Crippen LogP contribution in [0.2, 0.25) is 0 Å². The minimum Gasteiger partial charge on any atom is -0.0914 e. The average Bonchev–Trinajstić information content (AvgIpc) is 1.94. The Morgan fingerprint density at radius 1 is 1.30 bits per heavy atom. The first kappa shape index (κ1) is 7.59. The van der Waals surface area contributed by atoms with Crippen molar-refractivity contribution in [2.75, 3.05) is 0 Å². The van der Waals surface area contributed by atoms with Crippen LogP contribution in [0.3, 0.4) is 0 Å². The van der Waals surface area contributed by atoms with Crippen LogP contribution in [0, 0.1) is 11.8 Å². The van der Waals surface area contributed by atoms with Gasteiger partial charge in [-0.2, -0.15) is 0 Å². The highest BCUT2D eigenvalue weighted by Gasteiger charge is 2.13. The Morgan fingerprint density at radius 3 is 2.60 bits per heavy atom. The molecule has 0 amide bonds. The van der Waals surface area contributed by atoms with Crippen LogP contribution in [0.4, 0.5) is 0 Å². The van der Waals surface area contributed by atoms with Gasteiger partial charge in [0.1, 0.15) is 0 Å². The van der Waals surface area contributed by atoms with Crippen molar-refractivity contribution in [3.05, 3.63) is 24.3 Å². The molecule has 2 atom stereocenters. The highest BCUT2D eigenvalue weighted by Crippen LogP contribution is 2.25. The molecule has 0 heterocycles. The van der Waals surface area contributed by atoms with E-state index in [0.717, 1.165) is 11.8 Å². The quantitative estimate of drug-likeness (QED) is 0.486. The van der Waals surface area contributed by atoms with Crippen molar-refractivity contribution in [1.29, 1.82) is 0 Å². The molecular formula is C10H16. The third-order valence-corrected chi connectivity index (χ3v) is 2.25. The second kappa shape index (κ2) is 3.60. The van der Waals surface area contributed by atoms with E-state index in [9.17, 15) is 0 Å². The summed E-state index contributed by atoms with van der Waals surface area (Å²) in [7, 11) is 0. The predicted octanol–water partition coefficient (Wildman–Crippen LogP) is 3.16. The van der Waals surface area contributed by atoms with Crippen LogP contribution in [0.15, 0.2) is 24.3 Å². The molecule has 0 radical (unpaired) electrons. The highest BCUT2D eigenvalue weighted by atomic mass is 14.2. The summed E-state index contributed by atoms with van der Waals surface area (Å²) < 4.78 is 0. The van der Waals surface area contributed by atoms with E-state index < -0.39 is 0 Å². The third kappa shape index (κ3) is 1.73. The Morgan fingerprint density at radius 2 is 2.00 bits per heavy atom. The van der Waals surface area contributed by atoms with Crippen LogP contribution in [0.1, 0.15) is 26.7 Å². The van der Waals surface area contributed by atoms with Gasteiger partial charge in [0.25, 0.3) is 0 Å². The van der Waals surface area contributed by atoms with Gasteiger partial charge >= 0.3 is 0 Å². The second-order valence-corrected chi connectivity index (χ2v) is 3.11. The predicted molar refractivity (Wildman–Crippen MR) is 45.8 cm³/mol. The monoisotopic (exact) mass is 136 g/mol. The maximum Gasteiger partial charge on any atom is -0.0170 e. The zero-order valence-corrected chi connectivity index (χ0v) is 6.88. The van der Waals surface area contributed by atoms with Crippen molar-refractivity contribution in [3.63, 3.8) is 0 Å². The number of hydrogen-bond acceptors (Lipinski definition) is 0. The van der Waals surface area contributed by atoms with Crippen LogP contribution >= 0.6 is 0 Å². The largest absolute Gasteiger partial charge is 0.0914 e. The van der Waals surface area contributed by atoms with E-state index in [1.807, 2.05) is 0 Å². The molecule has 0 aromatic rings. The van der Waals surface area contributed by atoms with Gasteiger partial charge in [-0.15, -0.1) is 0 Å². The van der Waals surface area contributed by atoms with E-state index in [1.54, 1.807) is 0 Å². The number of hydrogen-bond donors (Lipinski definition) is 0. The summed E-state index contributed by atoms with van der Waals surface area (Å²) in [4.78, 5) is 0. The number of allylic oxidation sites excluding steroid dienone is 4. The maximum atomic E-state index is 2.33. The normalized spacial score (nSPS) is 33.4. The lowest BCUT2D eigenvalue weighted by Crippen LogP contribution is -2.10. The van der Waals surface area contributed by atoms with Crippen LogP contribution in [0.25, 0.3) is 0 Å². The molecule has 0 heteroatoms. The molecule has 0 bridgehead atoms. The van der Waals surface area contributed by atoms with Crippen molar-refractivity contribution >= 4 is 0 Å². The molecule has 0 aromatic heterocycles. The molecule has 2 unspecified atom stereocenters. The molecule has 0 nitrogen and oxygen atoms in total. The summed E-state index contributed by atoms with van der Waals surface area (Å²) in [5.74, 6) is 1.65. The van der Waals surface area contributed by atoms with Gasteiger partial charge in [0, 0.05) is 0 Å². The van der Waals surface area contributed by atoms with Crippen molar-refractivity contribution in [1.82, 2.24) is 0 Å². The molecule has 1 rings (SSSR count). The van der Waals surface area contributed by atoms with E-state index in [4.69, 9.17) is 0 Å². The van der Waals surface area contributed by atoms with Crippen molar-refractivity contribution in [2.45, 2.75) is 26.7 Å². The average molecular weight is 136 g/mol. The summed E-state index contributed by atoms with van der Waals surface area (Å²) in [5, 5.41) is 0. The smallest absolute Gasteiger partial charge is 0.0170 e. The van der Waals surface area contributed by atoms with Gasteiger partial charge in [0.05, 0.1) is 0 Å². The summed E-state index contributed by atoms with van der Waals surface area (Å²) >= 11 is 0. The first-order valence-electron chi connectivity index (χ1n) is 4.12. The fraction of sp³-hybridized carbons (Fsp3) is 0.600. The Kier molecular flexibility index (Phi) is 2.73. The fourth-order valence-electron chi connectivity index (χ4n) is 1.49. The zero-order chi connectivity index (χ0) is 7.40. The second-order valence-electron chi connectivity index (χ2n) is 3.11. The standard InChI is InChI=1S/C10H16/c1-3-6-10-8-5-4-7-9(10)2/h3-6,9-10H,7-8H2,1-2H3. The van der Waals surface area contributed by atoms with Crippen molar-refractivity contribution in [2.24, 2.45) is 11.8 Å². The van der Waals surface area contributed by atoms with Crippen molar-refractivity contribution < 1.29 is 0 Å². The Labute approximate surface area is 63.6 Å². The summed E-state index contributed by atoms with van der Waals surface area (Å²) in [5.41, 5.74) is 0. The maximum absolute atomic E-state index is 2.33. The molecule has 1 aliphatic carbocycles. The molecule has 0 N–H and O–H groups in total. The van der Waals surface area contributed by atoms with Gasteiger partial charge in [0.2, 0.25) is 0 Å². The Hall–Kier alpha value is -0.520. The topological polar surface area (TPSA) is 0 Å². The molecule has 0 saturated heterocycles. The van der Waals surface area contributed by atoms with Gasteiger partial charge < -0.3 is 0 Å². The minimum atomic E-state index is 0.801. The van der Waals surface area contributed by atoms with Crippen molar-refractivity contribution in [3.8, 4) is 0 Å². The lowest BCUT2D eigenvalue weighted by molar-refractivity contribution is 0.420. The van der Waals surface area contributed by atoms with E-state index in [-0.39, 0.29) is 0 Å². The van der Waals surface area contributed by atoms with Gasteiger partial charge in [-0.1, -0.05) is 31.2 Å². The molecule has 0 aliphatic heterocycles. The zero-order valence-electron chi connectivity index (χ0n) is 6.88. The summed E-state index contributed by atoms with van der Waals surface area (Å²) in [6.45, 7) is 4.43. The first-order valence-corrected chi connectivity index (χ1v) is 4.12. The van der Waals surface area contributed by atoms with E-state index in [1.165, 1.54) is 12.8 Å². The van der Waals surface area contributed by atoms with Gasteiger partial charge in [0.15, 0.2) is 0 Å². The number of rotatable bonds is 1. The van der Waals surface area contributed by atoms with E-state index >= 15 is 0 Å². The molecule has 0 fully saturated rings. The fourth-order valence-corrected chi connectivity index (χ4v) is 1.49. The molecular weight excluding hydrogens is 120 g/mol. The summed E-state index contributed by atoms with van der Waals surface area (Å²) in [6, 6.07) is 0. The molecule has 10 heavy (non-hydrogen) atoms. The lowest BCUT2D eigenvalue weighted by atomic mass is 9.84. The molecule has 0 aromatic carbocycles. The lowest BCUT2D eigenvalue weighted by Gasteiger charge is -2.21. The molecule has 0 saturated carbocycles. The minimum absolute atomic E-state index is 0.801. The third-order valence-electron chi connectivity index (χ3n) is 2.25. The van der Waals surface area contributed by atoms with E-state index in [2.05, 4.69) is 38.2 Å². The molecule has 1 aliphatic rings. The van der Waals surface area contributed by atoms with Crippen LogP contribution in [0.5, 0.6) is 0 Å². The SMILES string of the molecule is CC=CC1CC=CCC1C. The highest BCUT2D eigenvalue weighted by molar-refractivity contribution is 5.00. The Bertz CT molecular complexity index is 142. The van der Waals surface area contributed by atoms with E-state index in [0.29, 0.717) is 0 Å². The summed E-state index contributed by atoms with van der Waals surface area (Å²) in [6.07, 6.45) is 11.6. The van der Waals surface area contributed by atoms with Crippen LogP contribution < -0.4 is 0 Å².